The van der Waals surface area contributed by atoms with Crippen LogP contribution in [0.2, 0.25) is 0 Å². The van der Waals surface area contributed by atoms with Gasteiger partial charge < -0.3 is 18.9 Å². The van der Waals surface area contributed by atoms with E-state index in [4.69, 9.17) is 18.9 Å². The van der Waals surface area contributed by atoms with Crippen LogP contribution in [-0.2, 0) is 11.2 Å². The van der Waals surface area contributed by atoms with Gasteiger partial charge >= 0.3 is 5.97 Å². The second-order valence-electron chi connectivity index (χ2n) is 7.10. The fourth-order valence-electron chi connectivity index (χ4n) is 3.29. The fraction of sp³-hybridized carbons (Fsp3) is 0.154. The number of ketones is 1. The molecule has 6 nitrogen and oxygen atoms in total. The SMILES string of the molecule is CCOc1ccc(/C=C2\Oc3cc(OC(=O)Cc4ccc(OC)cc4)ccc3C2=O)cc1. The standard InChI is InChI=1S/C26H22O6/c1-3-30-20-10-6-17(7-11-20)14-24-26(28)22-13-12-21(16-23(22)32-24)31-25(27)15-18-4-8-19(29-2)9-5-18/h4-14,16H,3,15H2,1-2H3/b24-14-. The molecule has 3 aromatic carbocycles. The molecule has 0 saturated heterocycles. The zero-order chi connectivity index (χ0) is 22.5. The molecule has 1 aliphatic rings. The van der Waals surface area contributed by atoms with Crippen LogP contribution in [-0.4, -0.2) is 25.5 Å². The molecule has 0 unspecified atom stereocenters. The molecule has 0 aliphatic carbocycles. The predicted octanol–water partition coefficient (Wildman–Crippen LogP) is 4.86. The van der Waals surface area contributed by atoms with Gasteiger partial charge in [-0.2, -0.15) is 0 Å². The van der Waals surface area contributed by atoms with Crippen molar-refractivity contribution in [2.24, 2.45) is 0 Å². The zero-order valence-corrected chi connectivity index (χ0v) is 17.8. The largest absolute Gasteiger partial charge is 0.497 e. The molecule has 6 heteroatoms. The van der Waals surface area contributed by atoms with Crippen LogP contribution >= 0.6 is 0 Å². The highest BCUT2D eigenvalue weighted by molar-refractivity contribution is 6.14. The third-order valence-electron chi connectivity index (χ3n) is 4.87. The Morgan fingerprint density at radius 3 is 2.31 bits per heavy atom. The van der Waals surface area contributed by atoms with Gasteiger partial charge in [-0.05, 0) is 60.5 Å². The summed E-state index contributed by atoms with van der Waals surface area (Å²) in [6.07, 6.45) is 1.79. The second-order valence-corrected chi connectivity index (χ2v) is 7.10. The van der Waals surface area contributed by atoms with Crippen LogP contribution in [0.3, 0.4) is 0 Å². The number of allylic oxidation sites excluding steroid dienone is 1. The van der Waals surface area contributed by atoms with E-state index in [-0.39, 0.29) is 18.0 Å². The van der Waals surface area contributed by atoms with Crippen molar-refractivity contribution in [1.82, 2.24) is 0 Å². The maximum absolute atomic E-state index is 12.7. The summed E-state index contributed by atoms with van der Waals surface area (Å²) in [5, 5.41) is 0. The number of Topliss-reactive ketones (excluding diaryl/α,β-unsaturated/α-hetero) is 1. The smallest absolute Gasteiger partial charge is 0.315 e. The minimum Gasteiger partial charge on any atom is -0.497 e. The van der Waals surface area contributed by atoms with Gasteiger partial charge in [-0.1, -0.05) is 24.3 Å². The number of hydrogen-bond donors (Lipinski definition) is 0. The van der Waals surface area contributed by atoms with Gasteiger partial charge in [0.25, 0.3) is 0 Å². The number of rotatable bonds is 7. The molecule has 1 aliphatic heterocycles. The molecule has 0 bridgehead atoms. The van der Waals surface area contributed by atoms with Crippen LogP contribution in [0.4, 0.5) is 0 Å². The summed E-state index contributed by atoms with van der Waals surface area (Å²) in [6.45, 7) is 2.51. The Hall–Kier alpha value is -4.06. The van der Waals surface area contributed by atoms with Crippen molar-refractivity contribution >= 4 is 17.8 Å². The second kappa shape index (κ2) is 9.39. The van der Waals surface area contributed by atoms with Gasteiger partial charge in [0.2, 0.25) is 5.78 Å². The van der Waals surface area contributed by atoms with Crippen LogP contribution in [0.25, 0.3) is 6.08 Å². The molecule has 0 N–H and O–H groups in total. The van der Waals surface area contributed by atoms with E-state index in [1.54, 1.807) is 43.5 Å². The van der Waals surface area contributed by atoms with Crippen LogP contribution in [0.5, 0.6) is 23.0 Å². The predicted molar refractivity (Wildman–Crippen MR) is 119 cm³/mol. The minimum atomic E-state index is -0.412. The Bertz CT molecular complexity index is 1160. The molecule has 0 atom stereocenters. The number of ether oxygens (including phenoxy) is 4. The van der Waals surface area contributed by atoms with Gasteiger partial charge in [-0.15, -0.1) is 0 Å². The lowest BCUT2D eigenvalue weighted by Crippen LogP contribution is -2.11. The number of carbonyl (C=O) groups excluding carboxylic acids is 2. The number of carbonyl (C=O) groups is 2. The molecule has 0 fully saturated rings. The van der Waals surface area contributed by atoms with Gasteiger partial charge in [0.15, 0.2) is 5.76 Å². The minimum absolute atomic E-state index is 0.115. The average molecular weight is 430 g/mol. The van der Waals surface area contributed by atoms with Crippen molar-refractivity contribution in [2.45, 2.75) is 13.3 Å². The van der Waals surface area contributed by atoms with E-state index in [0.717, 1.165) is 22.6 Å². The lowest BCUT2D eigenvalue weighted by atomic mass is 10.1. The highest BCUT2D eigenvalue weighted by Crippen LogP contribution is 2.35. The van der Waals surface area contributed by atoms with E-state index >= 15 is 0 Å². The average Bonchev–Trinajstić information content (AvgIpc) is 3.10. The molecule has 0 amide bonds. The highest BCUT2D eigenvalue weighted by atomic mass is 16.5. The zero-order valence-electron chi connectivity index (χ0n) is 17.8. The highest BCUT2D eigenvalue weighted by Gasteiger charge is 2.28. The number of benzene rings is 3. The van der Waals surface area contributed by atoms with Crippen molar-refractivity contribution in [3.8, 4) is 23.0 Å². The summed E-state index contributed by atoms with van der Waals surface area (Å²) in [5.41, 5.74) is 2.05. The molecule has 0 radical (unpaired) electrons. The first-order valence-corrected chi connectivity index (χ1v) is 10.2. The molecular formula is C26H22O6. The molecule has 1 heterocycles. The maximum atomic E-state index is 12.7. The molecule has 0 saturated carbocycles. The van der Waals surface area contributed by atoms with E-state index in [0.29, 0.717) is 23.7 Å². The number of fused-ring (bicyclic) bond motifs is 1. The van der Waals surface area contributed by atoms with Crippen LogP contribution in [0.15, 0.2) is 72.5 Å². The van der Waals surface area contributed by atoms with Crippen molar-refractivity contribution in [3.63, 3.8) is 0 Å². The van der Waals surface area contributed by atoms with Gasteiger partial charge in [0.1, 0.15) is 23.0 Å². The number of hydrogen-bond acceptors (Lipinski definition) is 6. The van der Waals surface area contributed by atoms with Gasteiger partial charge in [-0.25, -0.2) is 0 Å². The molecule has 32 heavy (non-hydrogen) atoms. The topological polar surface area (TPSA) is 71.1 Å². The Morgan fingerprint density at radius 2 is 1.62 bits per heavy atom. The van der Waals surface area contributed by atoms with Crippen molar-refractivity contribution in [1.29, 1.82) is 0 Å². The van der Waals surface area contributed by atoms with Crippen molar-refractivity contribution in [2.75, 3.05) is 13.7 Å². The first-order valence-electron chi connectivity index (χ1n) is 10.2. The summed E-state index contributed by atoms with van der Waals surface area (Å²) in [7, 11) is 1.59. The normalized spacial score (nSPS) is 13.4. The maximum Gasteiger partial charge on any atom is 0.315 e. The molecule has 3 aromatic rings. The summed E-state index contributed by atoms with van der Waals surface area (Å²) < 4.78 is 21.7. The lowest BCUT2D eigenvalue weighted by Gasteiger charge is -2.06. The third kappa shape index (κ3) is 4.81. The summed E-state index contributed by atoms with van der Waals surface area (Å²) in [4.78, 5) is 25.0. The summed E-state index contributed by atoms with van der Waals surface area (Å²) in [6, 6.07) is 19.3. The Kier molecular flexibility index (Phi) is 6.22. The monoisotopic (exact) mass is 430 g/mol. The summed E-state index contributed by atoms with van der Waals surface area (Å²) >= 11 is 0. The molecule has 4 rings (SSSR count). The molecule has 0 spiro atoms. The van der Waals surface area contributed by atoms with Crippen molar-refractivity contribution < 1.29 is 28.5 Å². The van der Waals surface area contributed by atoms with Gasteiger partial charge in [-0.3, -0.25) is 9.59 Å². The van der Waals surface area contributed by atoms with Crippen LogP contribution in [0, 0.1) is 0 Å². The Labute approximate surface area is 186 Å². The first kappa shape index (κ1) is 21.2. The Morgan fingerprint density at radius 1 is 0.938 bits per heavy atom. The number of methoxy groups -OCH3 is 1. The Balaban J connectivity index is 1.43. The van der Waals surface area contributed by atoms with E-state index in [1.165, 1.54) is 0 Å². The van der Waals surface area contributed by atoms with E-state index < -0.39 is 5.97 Å². The van der Waals surface area contributed by atoms with E-state index in [1.807, 2.05) is 43.3 Å². The number of esters is 1. The van der Waals surface area contributed by atoms with Crippen molar-refractivity contribution in [3.05, 3.63) is 89.2 Å². The van der Waals surface area contributed by atoms with Gasteiger partial charge in [0.05, 0.1) is 25.7 Å². The quantitative estimate of drug-likeness (QED) is 0.303. The molecule has 0 aromatic heterocycles. The molecule has 162 valence electrons. The molecular weight excluding hydrogens is 408 g/mol. The fourth-order valence-corrected chi connectivity index (χ4v) is 3.29. The van der Waals surface area contributed by atoms with Gasteiger partial charge in [0, 0.05) is 6.07 Å². The summed E-state index contributed by atoms with van der Waals surface area (Å²) in [5.74, 6) is 1.74. The van der Waals surface area contributed by atoms with Crippen LogP contribution < -0.4 is 18.9 Å². The third-order valence-corrected chi connectivity index (χ3v) is 4.87. The van der Waals surface area contributed by atoms with Crippen LogP contribution in [0.1, 0.15) is 28.4 Å². The lowest BCUT2D eigenvalue weighted by molar-refractivity contribution is -0.133. The first-order chi connectivity index (χ1) is 15.6. The van der Waals surface area contributed by atoms with E-state index in [9.17, 15) is 9.59 Å². The van der Waals surface area contributed by atoms with E-state index in [2.05, 4.69) is 0 Å².